The number of nitrogens with zero attached hydrogens (tertiary/aromatic N) is 3. The quantitative estimate of drug-likeness (QED) is 0.368. The Morgan fingerprint density at radius 3 is 2.63 bits per heavy atom. The Morgan fingerprint density at radius 2 is 1.90 bits per heavy atom. The monoisotopic (exact) mass is 437 g/mol. The van der Waals surface area contributed by atoms with Gasteiger partial charge in [0, 0.05) is 5.56 Å². The fourth-order valence-corrected chi connectivity index (χ4v) is 4.42. The first kappa shape index (κ1) is 20.1. The van der Waals surface area contributed by atoms with Crippen molar-refractivity contribution in [3.8, 4) is 11.3 Å². The summed E-state index contributed by atoms with van der Waals surface area (Å²) < 4.78 is 1.79. The first-order chi connectivity index (χ1) is 14.5. The molecule has 0 spiro atoms. The molecule has 0 aliphatic rings. The van der Waals surface area contributed by atoms with Crippen LogP contribution in [0.1, 0.15) is 20.9 Å². The van der Waals surface area contributed by atoms with Gasteiger partial charge in [-0.15, -0.1) is 11.3 Å². The second-order valence-electron chi connectivity index (χ2n) is 6.61. The van der Waals surface area contributed by atoms with Crippen molar-refractivity contribution in [2.45, 2.75) is 19.0 Å². The Kier molecular flexibility index (Phi) is 5.82. The molecule has 7 nitrogen and oxygen atoms in total. The van der Waals surface area contributed by atoms with E-state index in [0.717, 1.165) is 28.0 Å². The Morgan fingerprint density at radius 1 is 1.10 bits per heavy atom. The first-order valence-corrected chi connectivity index (χ1v) is 11.1. The number of carbonyl (C=O) groups is 2. The van der Waals surface area contributed by atoms with E-state index in [2.05, 4.69) is 16.0 Å². The van der Waals surface area contributed by atoms with Crippen LogP contribution in [0.15, 0.2) is 59.1 Å². The maximum absolute atomic E-state index is 12.2. The average Bonchev–Trinajstić information content (AvgIpc) is 3.39. The van der Waals surface area contributed by atoms with Gasteiger partial charge in [0.2, 0.25) is 5.91 Å². The van der Waals surface area contributed by atoms with Crippen molar-refractivity contribution in [2.24, 2.45) is 0 Å². The van der Waals surface area contributed by atoms with E-state index in [-0.39, 0.29) is 17.6 Å². The molecule has 0 unspecified atom stereocenters. The van der Waals surface area contributed by atoms with Gasteiger partial charge in [-0.1, -0.05) is 48.2 Å². The zero-order valence-corrected chi connectivity index (χ0v) is 18.0. The summed E-state index contributed by atoms with van der Waals surface area (Å²) in [5, 5.41) is 7.03. The number of hydrogen-bond acceptors (Lipinski definition) is 6. The number of imidazole rings is 1. The normalized spacial score (nSPS) is 10.9. The zero-order valence-electron chi connectivity index (χ0n) is 16.4. The lowest BCUT2D eigenvalue weighted by atomic mass is 10.1. The topological polar surface area (TPSA) is 88.4 Å². The standard InChI is InChI=1S/C21H19N5O2S2/c1-13-11-14(2)25-26-19(13)18(15-7-4-3-5-8-15)22-21(26)30-12-17(27)23-24-20(28)16-9-6-10-29-16/h3-11H,12H2,1-2H3,(H,23,27)(H,24,28). The molecule has 0 fully saturated rings. The van der Waals surface area contributed by atoms with E-state index in [1.807, 2.05) is 50.2 Å². The molecule has 0 aliphatic heterocycles. The highest BCUT2D eigenvalue weighted by Gasteiger charge is 2.18. The number of thioether (sulfide) groups is 1. The van der Waals surface area contributed by atoms with Crippen LogP contribution >= 0.6 is 23.1 Å². The average molecular weight is 438 g/mol. The van der Waals surface area contributed by atoms with Crippen molar-refractivity contribution < 1.29 is 9.59 Å². The molecule has 0 atom stereocenters. The van der Waals surface area contributed by atoms with E-state index >= 15 is 0 Å². The maximum Gasteiger partial charge on any atom is 0.279 e. The number of carbonyl (C=O) groups excluding carboxylic acids is 2. The van der Waals surface area contributed by atoms with Crippen LogP contribution in [0.3, 0.4) is 0 Å². The second-order valence-corrected chi connectivity index (χ2v) is 8.50. The number of hydrazine groups is 1. The molecule has 152 valence electrons. The summed E-state index contributed by atoms with van der Waals surface area (Å²) in [6.45, 7) is 3.95. The number of rotatable bonds is 5. The van der Waals surface area contributed by atoms with Gasteiger partial charge in [0.1, 0.15) is 0 Å². The number of thiophene rings is 1. The van der Waals surface area contributed by atoms with Gasteiger partial charge in [-0.2, -0.15) is 5.10 Å². The van der Waals surface area contributed by atoms with Gasteiger partial charge in [0.25, 0.3) is 5.91 Å². The number of aryl methyl sites for hydroxylation is 2. The van der Waals surface area contributed by atoms with Crippen molar-refractivity contribution in [3.63, 3.8) is 0 Å². The van der Waals surface area contributed by atoms with Gasteiger partial charge in [-0.25, -0.2) is 9.50 Å². The Labute approximate surface area is 181 Å². The third-order valence-electron chi connectivity index (χ3n) is 4.32. The Bertz CT molecular complexity index is 1200. The smallest absolute Gasteiger partial charge is 0.272 e. The predicted molar refractivity (Wildman–Crippen MR) is 119 cm³/mol. The SMILES string of the molecule is Cc1cc(C)c2c(-c3ccccc3)nc(SCC(=O)NNC(=O)c3cccs3)n2n1. The number of aromatic nitrogens is 3. The summed E-state index contributed by atoms with van der Waals surface area (Å²) in [4.78, 5) is 29.5. The van der Waals surface area contributed by atoms with Crippen LogP contribution in [0.4, 0.5) is 0 Å². The minimum atomic E-state index is -0.339. The molecule has 4 rings (SSSR count). The molecule has 0 saturated carbocycles. The molecule has 9 heteroatoms. The summed E-state index contributed by atoms with van der Waals surface area (Å²) in [5.41, 5.74) is 9.53. The zero-order chi connectivity index (χ0) is 21.1. The number of benzene rings is 1. The van der Waals surface area contributed by atoms with E-state index in [1.165, 1.54) is 23.1 Å². The summed E-state index contributed by atoms with van der Waals surface area (Å²) in [5.74, 6) is -0.576. The number of hydrogen-bond donors (Lipinski definition) is 2. The van der Waals surface area contributed by atoms with Crippen molar-refractivity contribution in [1.29, 1.82) is 0 Å². The third-order valence-corrected chi connectivity index (χ3v) is 6.12. The van der Waals surface area contributed by atoms with Crippen molar-refractivity contribution in [1.82, 2.24) is 25.4 Å². The number of amides is 2. The van der Waals surface area contributed by atoms with Crippen molar-refractivity contribution in [2.75, 3.05) is 5.75 Å². The van der Waals surface area contributed by atoms with Crippen LogP contribution in [0.5, 0.6) is 0 Å². The van der Waals surface area contributed by atoms with Gasteiger partial charge < -0.3 is 0 Å². The van der Waals surface area contributed by atoms with Gasteiger partial charge in [0.15, 0.2) is 5.16 Å². The lowest BCUT2D eigenvalue weighted by Gasteiger charge is -2.06. The lowest BCUT2D eigenvalue weighted by Crippen LogP contribution is -2.42. The molecule has 2 amide bonds. The van der Waals surface area contributed by atoms with E-state index in [9.17, 15) is 9.59 Å². The van der Waals surface area contributed by atoms with Gasteiger partial charge in [-0.3, -0.25) is 20.4 Å². The predicted octanol–water partition coefficient (Wildman–Crippen LogP) is 3.63. The largest absolute Gasteiger partial charge is 0.279 e. The molecule has 0 bridgehead atoms. The van der Waals surface area contributed by atoms with Crippen LogP contribution in [0.2, 0.25) is 0 Å². The van der Waals surface area contributed by atoms with E-state index < -0.39 is 0 Å². The molecule has 3 aromatic heterocycles. The van der Waals surface area contributed by atoms with E-state index in [0.29, 0.717) is 10.0 Å². The van der Waals surface area contributed by atoms with Crippen molar-refractivity contribution >= 4 is 40.4 Å². The minimum Gasteiger partial charge on any atom is -0.272 e. The van der Waals surface area contributed by atoms with Crippen LogP contribution < -0.4 is 10.9 Å². The molecular weight excluding hydrogens is 418 g/mol. The van der Waals surface area contributed by atoms with Crippen LogP contribution in [-0.2, 0) is 4.79 Å². The molecule has 2 N–H and O–H groups in total. The van der Waals surface area contributed by atoms with E-state index in [4.69, 9.17) is 4.98 Å². The van der Waals surface area contributed by atoms with Crippen molar-refractivity contribution in [3.05, 3.63) is 70.0 Å². The van der Waals surface area contributed by atoms with Crippen LogP contribution in [0.25, 0.3) is 16.8 Å². The molecule has 0 radical (unpaired) electrons. The first-order valence-electron chi connectivity index (χ1n) is 9.21. The molecule has 0 aliphatic carbocycles. The minimum absolute atomic E-state index is 0.0900. The fourth-order valence-electron chi connectivity index (χ4n) is 3.06. The third kappa shape index (κ3) is 4.22. The summed E-state index contributed by atoms with van der Waals surface area (Å²) in [6, 6.07) is 15.4. The van der Waals surface area contributed by atoms with Crippen LogP contribution in [-0.4, -0.2) is 32.2 Å². The summed E-state index contributed by atoms with van der Waals surface area (Å²) >= 11 is 2.58. The Hall–Kier alpha value is -3.17. The summed E-state index contributed by atoms with van der Waals surface area (Å²) in [7, 11) is 0. The van der Waals surface area contributed by atoms with Gasteiger partial charge in [-0.05, 0) is 36.9 Å². The fraction of sp³-hybridized carbons (Fsp3) is 0.143. The number of fused-ring (bicyclic) bond motifs is 1. The molecule has 4 aromatic rings. The molecular formula is C21H19N5O2S2. The number of nitrogens with one attached hydrogen (secondary N) is 2. The van der Waals surface area contributed by atoms with Gasteiger partial charge >= 0.3 is 0 Å². The molecule has 3 heterocycles. The highest BCUT2D eigenvalue weighted by molar-refractivity contribution is 7.99. The highest BCUT2D eigenvalue weighted by atomic mass is 32.2. The Balaban J connectivity index is 1.53. The molecule has 1 aromatic carbocycles. The second kappa shape index (κ2) is 8.68. The van der Waals surface area contributed by atoms with Crippen LogP contribution in [0, 0.1) is 13.8 Å². The highest BCUT2D eigenvalue weighted by Crippen LogP contribution is 2.30. The summed E-state index contributed by atoms with van der Waals surface area (Å²) in [6.07, 6.45) is 0. The molecule has 0 saturated heterocycles. The maximum atomic E-state index is 12.2. The molecule has 30 heavy (non-hydrogen) atoms. The van der Waals surface area contributed by atoms with E-state index in [1.54, 1.807) is 22.0 Å². The van der Waals surface area contributed by atoms with Gasteiger partial charge in [0.05, 0.1) is 27.5 Å². The lowest BCUT2D eigenvalue weighted by molar-refractivity contribution is -0.119.